The number of aromatic nitrogens is 3. The van der Waals surface area contributed by atoms with Crippen molar-refractivity contribution < 1.29 is 27.5 Å². The highest BCUT2D eigenvalue weighted by atomic mass is 32.1. The van der Waals surface area contributed by atoms with Gasteiger partial charge < -0.3 is 15.7 Å². The molecule has 0 atom stereocenters. The van der Waals surface area contributed by atoms with Crippen LogP contribution in [-0.2, 0) is 23.1 Å². The number of halogens is 4. The van der Waals surface area contributed by atoms with E-state index in [4.69, 9.17) is 0 Å². The van der Waals surface area contributed by atoms with Crippen LogP contribution in [-0.4, -0.2) is 26.0 Å². The Morgan fingerprint density at radius 2 is 1.83 bits per heavy atom. The van der Waals surface area contributed by atoms with Gasteiger partial charge in [-0.1, -0.05) is 18.2 Å². The maximum atomic E-state index is 13.1. The van der Waals surface area contributed by atoms with Gasteiger partial charge in [0.05, 0.1) is 4.88 Å². The van der Waals surface area contributed by atoms with Crippen LogP contribution >= 0.6 is 11.3 Å². The Balaban J connectivity index is 1.23. The summed E-state index contributed by atoms with van der Waals surface area (Å²) in [7, 11) is 0. The lowest BCUT2D eigenvalue weighted by Gasteiger charge is -2.33. The fourth-order valence-electron chi connectivity index (χ4n) is 4.83. The van der Waals surface area contributed by atoms with Crippen molar-refractivity contribution in [2.24, 2.45) is 5.92 Å². The van der Waals surface area contributed by atoms with Crippen molar-refractivity contribution in [3.05, 3.63) is 88.6 Å². The van der Waals surface area contributed by atoms with E-state index in [1.165, 1.54) is 23.5 Å². The van der Waals surface area contributed by atoms with Gasteiger partial charge in [0.1, 0.15) is 22.1 Å². The highest BCUT2D eigenvalue weighted by molar-refractivity contribution is 7.15. The van der Waals surface area contributed by atoms with Crippen LogP contribution < -0.4 is 10.6 Å². The molecular formula is C29H27F4N5O2S. The standard InChI is InChI=1S/C29H27F4N5O2S/c1-17-12-20(14-22(13-17)37-27-34-11-8-24(38-27)29(31,32)33)23-16-36-26(41-23)28(40)9-6-19(7-10-28)25(39)35-15-18-2-4-21(30)5-3-18/h2-5,8,11-14,16,19,40H,6-7,9-10,15H2,1H3,(H,35,39)(H,34,37,38)/t19-,28-. The first-order valence-corrected chi connectivity index (χ1v) is 13.8. The van der Waals surface area contributed by atoms with Gasteiger partial charge in [0.25, 0.3) is 0 Å². The third kappa shape index (κ3) is 6.88. The zero-order valence-electron chi connectivity index (χ0n) is 22.0. The lowest BCUT2D eigenvalue weighted by atomic mass is 9.78. The summed E-state index contributed by atoms with van der Waals surface area (Å²) in [5.41, 5.74) is 0.758. The fourth-order valence-corrected chi connectivity index (χ4v) is 5.88. The smallest absolute Gasteiger partial charge is 0.383 e. The molecule has 0 radical (unpaired) electrons. The summed E-state index contributed by atoms with van der Waals surface area (Å²) in [5.74, 6) is -0.838. The van der Waals surface area contributed by atoms with Crippen LogP contribution in [0.5, 0.6) is 0 Å². The first kappa shape index (κ1) is 28.6. The minimum absolute atomic E-state index is 0.0965. The van der Waals surface area contributed by atoms with Crippen LogP contribution in [0.15, 0.2) is 60.9 Å². The monoisotopic (exact) mass is 585 g/mol. The number of aryl methyl sites for hydroxylation is 1. The first-order valence-electron chi connectivity index (χ1n) is 13.0. The van der Waals surface area contributed by atoms with E-state index in [0.717, 1.165) is 33.8 Å². The predicted molar refractivity (Wildman–Crippen MR) is 147 cm³/mol. The molecule has 5 rings (SSSR count). The number of benzene rings is 2. The van der Waals surface area contributed by atoms with Crippen LogP contribution in [0.4, 0.5) is 29.2 Å². The van der Waals surface area contributed by atoms with E-state index in [0.29, 0.717) is 42.9 Å². The molecule has 1 amide bonds. The van der Waals surface area contributed by atoms with Crippen molar-refractivity contribution in [1.29, 1.82) is 0 Å². The van der Waals surface area contributed by atoms with E-state index in [1.54, 1.807) is 30.5 Å². The van der Waals surface area contributed by atoms with Crippen LogP contribution in [0.1, 0.15) is 47.5 Å². The summed E-state index contributed by atoms with van der Waals surface area (Å²) in [6, 6.07) is 12.2. The first-order chi connectivity index (χ1) is 19.5. The molecule has 0 spiro atoms. The van der Waals surface area contributed by atoms with Gasteiger partial charge in [-0.25, -0.2) is 19.3 Å². The predicted octanol–water partition coefficient (Wildman–Crippen LogP) is 6.50. The van der Waals surface area contributed by atoms with E-state index in [-0.39, 0.29) is 23.6 Å². The highest BCUT2D eigenvalue weighted by Gasteiger charge is 2.39. The second-order valence-corrected chi connectivity index (χ2v) is 11.2. The van der Waals surface area contributed by atoms with Gasteiger partial charge in [0.15, 0.2) is 0 Å². The third-order valence-electron chi connectivity index (χ3n) is 7.03. The molecule has 4 aromatic rings. The molecule has 0 saturated heterocycles. The van der Waals surface area contributed by atoms with Gasteiger partial charge in [-0.05, 0) is 79.6 Å². The molecule has 2 heterocycles. The van der Waals surface area contributed by atoms with E-state index < -0.39 is 17.5 Å². The minimum Gasteiger partial charge on any atom is -0.383 e. The van der Waals surface area contributed by atoms with Gasteiger partial charge in [-0.2, -0.15) is 13.2 Å². The molecule has 12 heteroatoms. The van der Waals surface area contributed by atoms with E-state index in [1.807, 2.05) is 13.0 Å². The maximum Gasteiger partial charge on any atom is 0.433 e. The number of thiazole rings is 1. The van der Waals surface area contributed by atoms with Crippen LogP contribution in [0.2, 0.25) is 0 Å². The Morgan fingerprint density at radius 1 is 1.10 bits per heavy atom. The number of nitrogens with one attached hydrogen (secondary N) is 2. The largest absolute Gasteiger partial charge is 0.433 e. The molecule has 1 saturated carbocycles. The number of hydrogen-bond donors (Lipinski definition) is 3. The fraction of sp³-hybridized carbons (Fsp3) is 0.310. The molecular weight excluding hydrogens is 558 g/mol. The highest BCUT2D eigenvalue weighted by Crippen LogP contribution is 2.43. The van der Waals surface area contributed by atoms with Gasteiger partial charge >= 0.3 is 6.18 Å². The quantitative estimate of drug-likeness (QED) is 0.214. The molecule has 0 unspecified atom stereocenters. The number of amides is 1. The van der Waals surface area contributed by atoms with Crippen LogP contribution in [0, 0.1) is 18.7 Å². The zero-order valence-corrected chi connectivity index (χ0v) is 22.8. The van der Waals surface area contributed by atoms with Crippen LogP contribution in [0.25, 0.3) is 10.4 Å². The maximum absolute atomic E-state index is 13.1. The van der Waals surface area contributed by atoms with E-state index >= 15 is 0 Å². The molecule has 0 bridgehead atoms. The molecule has 7 nitrogen and oxygen atoms in total. The second kappa shape index (κ2) is 11.5. The van der Waals surface area contributed by atoms with Crippen molar-refractivity contribution in [3.63, 3.8) is 0 Å². The van der Waals surface area contributed by atoms with Crippen molar-refractivity contribution in [2.45, 2.75) is 50.9 Å². The van der Waals surface area contributed by atoms with Gasteiger partial charge in [0, 0.05) is 30.5 Å². The molecule has 1 fully saturated rings. The number of hydrogen-bond acceptors (Lipinski definition) is 7. The molecule has 3 N–H and O–H groups in total. The number of aliphatic hydroxyl groups is 1. The average Bonchev–Trinajstić information content (AvgIpc) is 3.44. The van der Waals surface area contributed by atoms with Crippen molar-refractivity contribution in [1.82, 2.24) is 20.3 Å². The average molecular weight is 586 g/mol. The van der Waals surface area contributed by atoms with Crippen molar-refractivity contribution in [3.8, 4) is 10.4 Å². The Morgan fingerprint density at radius 3 is 2.54 bits per heavy atom. The molecule has 0 aliphatic heterocycles. The summed E-state index contributed by atoms with van der Waals surface area (Å²) in [6.45, 7) is 2.17. The topological polar surface area (TPSA) is 100 Å². The van der Waals surface area contributed by atoms with Gasteiger partial charge in [-0.3, -0.25) is 4.79 Å². The number of alkyl halides is 3. The minimum atomic E-state index is -4.58. The summed E-state index contributed by atoms with van der Waals surface area (Å²) in [6.07, 6.45) is -0.117. The second-order valence-electron chi connectivity index (χ2n) is 10.2. The van der Waals surface area contributed by atoms with E-state index in [2.05, 4.69) is 25.6 Å². The molecule has 214 valence electrons. The lowest BCUT2D eigenvalue weighted by Crippen LogP contribution is -2.38. The molecule has 2 aromatic heterocycles. The number of anilines is 2. The van der Waals surface area contributed by atoms with Crippen molar-refractivity contribution in [2.75, 3.05) is 5.32 Å². The Hall–Kier alpha value is -3.90. The Bertz CT molecular complexity index is 1530. The van der Waals surface area contributed by atoms with Gasteiger partial charge in [0.2, 0.25) is 11.9 Å². The van der Waals surface area contributed by atoms with Crippen LogP contribution in [0.3, 0.4) is 0 Å². The molecule has 1 aliphatic rings. The van der Waals surface area contributed by atoms with Gasteiger partial charge in [-0.15, -0.1) is 11.3 Å². The summed E-state index contributed by atoms with van der Waals surface area (Å²) in [4.78, 5) is 25.4. The molecule has 2 aromatic carbocycles. The number of nitrogens with zero attached hydrogens (tertiary/aromatic N) is 3. The SMILES string of the molecule is Cc1cc(Nc2nccc(C(F)(F)F)n2)cc(-c2cnc([C@]3(O)CC[C@H](C(=O)NCc4ccc(F)cc4)CC3)s2)c1. The Labute approximate surface area is 237 Å². The van der Waals surface area contributed by atoms with E-state index in [9.17, 15) is 27.5 Å². The third-order valence-corrected chi connectivity index (χ3v) is 8.27. The summed E-state index contributed by atoms with van der Waals surface area (Å²) < 4.78 is 52.2. The number of carbonyl (C=O) groups excluding carboxylic acids is 1. The van der Waals surface area contributed by atoms with Crippen molar-refractivity contribution >= 4 is 28.9 Å². The molecule has 41 heavy (non-hydrogen) atoms. The normalized spacial score (nSPS) is 19.1. The Kier molecular flexibility index (Phi) is 8.05. The number of carbonyl (C=O) groups is 1. The number of rotatable bonds is 7. The summed E-state index contributed by atoms with van der Waals surface area (Å²) >= 11 is 1.34. The lowest BCUT2D eigenvalue weighted by molar-refractivity contribution is -0.141. The summed E-state index contributed by atoms with van der Waals surface area (Å²) in [5, 5.41) is 17.7. The zero-order chi connectivity index (χ0) is 29.2. The molecule has 1 aliphatic carbocycles.